The van der Waals surface area contributed by atoms with E-state index in [1.54, 1.807) is 0 Å². The first-order valence-electron chi connectivity index (χ1n) is 5.55. The fourth-order valence-electron chi connectivity index (χ4n) is 1.72. The number of hydrogen-bond donors (Lipinski definition) is 3. The van der Waals surface area contributed by atoms with Crippen LogP contribution in [-0.4, -0.2) is 14.5 Å². The molecule has 0 saturated carbocycles. The Hall–Kier alpha value is -2.94. The van der Waals surface area contributed by atoms with Crippen LogP contribution in [-0.2, 0) is 6.54 Å². The smallest absolute Gasteiger partial charge is 0.324 e. The van der Waals surface area contributed by atoms with Gasteiger partial charge in [-0.2, -0.15) is 0 Å². The van der Waals surface area contributed by atoms with Gasteiger partial charge in [0.15, 0.2) is 0 Å². The molecule has 1 heterocycles. The summed E-state index contributed by atoms with van der Waals surface area (Å²) in [4.78, 5) is 34.9. The first-order valence-corrected chi connectivity index (χ1v) is 5.55. The number of aromatic nitrogens is 2. The lowest BCUT2D eigenvalue weighted by atomic mass is 10.1. The highest BCUT2D eigenvalue weighted by Gasteiger charge is 2.11. The van der Waals surface area contributed by atoms with Gasteiger partial charge < -0.3 is 5.43 Å². The van der Waals surface area contributed by atoms with Crippen molar-refractivity contribution in [1.29, 1.82) is 0 Å². The minimum absolute atomic E-state index is 0.0385. The van der Waals surface area contributed by atoms with Gasteiger partial charge in [0, 0.05) is 30.0 Å². The van der Waals surface area contributed by atoms with Gasteiger partial charge in [-0.3, -0.25) is 30.3 Å². The Morgan fingerprint density at radius 3 is 2.70 bits per heavy atom. The van der Waals surface area contributed by atoms with Gasteiger partial charge in [-0.15, -0.1) is 0 Å². The maximum Gasteiger partial charge on any atom is 0.328 e. The maximum absolute atomic E-state index is 11.6. The number of H-pyrrole nitrogens is 1. The number of nitrogens with one attached hydrogen (secondary N) is 2. The van der Waals surface area contributed by atoms with Crippen LogP contribution in [0, 0.1) is 10.1 Å². The molecular weight excluding hydrogens is 266 g/mol. The number of aromatic amines is 1. The quantitative estimate of drug-likeness (QED) is 0.401. The Balaban J connectivity index is 2.46. The molecule has 20 heavy (non-hydrogen) atoms. The average Bonchev–Trinajstić information content (AvgIpc) is 2.41. The first kappa shape index (κ1) is 13.5. The largest absolute Gasteiger partial charge is 0.328 e. The first-order chi connectivity index (χ1) is 9.51. The Labute approximate surface area is 111 Å². The predicted molar refractivity (Wildman–Crippen MR) is 71.3 cm³/mol. The molecule has 0 radical (unpaired) electrons. The number of hydrazine groups is 1. The SMILES string of the molecule is NNc1ccc([N+](=O)[O-])cc1Cn1ccc(=O)[nH]c1=O. The van der Waals surface area contributed by atoms with Gasteiger partial charge in [-0.05, 0) is 6.07 Å². The Morgan fingerprint density at radius 1 is 1.35 bits per heavy atom. The highest BCUT2D eigenvalue weighted by molar-refractivity contribution is 5.55. The van der Waals surface area contributed by atoms with Gasteiger partial charge in [0.2, 0.25) is 0 Å². The van der Waals surface area contributed by atoms with Crippen molar-refractivity contribution in [2.75, 3.05) is 5.43 Å². The van der Waals surface area contributed by atoms with Crippen molar-refractivity contribution in [3.63, 3.8) is 0 Å². The van der Waals surface area contributed by atoms with Crippen molar-refractivity contribution in [2.45, 2.75) is 6.54 Å². The highest BCUT2D eigenvalue weighted by Crippen LogP contribution is 2.21. The predicted octanol–water partition coefficient (Wildman–Crippen LogP) is -0.221. The van der Waals surface area contributed by atoms with Crippen molar-refractivity contribution in [1.82, 2.24) is 9.55 Å². The van der Waals surface area contributed by atoms with Gasteiger partial charge in [0.05, 0.1) is 17.2 Å². The van der Waals surface area contributed by atoms with Crippen molar-refractivity contribution >= 4 is 11.4 Å². The van der Waals surface area contributed by atoms with Crippen LogP contribution in [0.4, 0.5) is 11.4 Å². The van der Waals surface area contributed by atoms with Crippen molar-refractivity contribution in [3.05, 3.63) is 67.0 Å². The second kappa shape index (κ2) is 5.36. The maximum atomic E-state index is 11.6. The molecule has 0 aliphatic carbocycles. The van der Waals surface area contributed by atoms with E-state index >= 15 is 0 Å². The lowest BCUT2D eigenvalue weighted by Gasteiger charge is -2.10. The zero-order valence-electron chi connectivity index (χ0n) is 10.2. The molecule has 0 aliphatic heterocycles. The molecule has 2 aromatic rings. The second-order valence-corrected chi connectivity index (χ2v) is 3.98. The van der Waals surface area contributed by atoms with Crippen LogP contribution in [0.1, 0.15) is 5.56 Å². The molecule has 2 rings (SSSR count). The number of nitrogens with zero attached hydrogens (tertiary/aromatic N) is 2. The molecular formula is C11H11N5O4. The number of nitro benzene ring substituents is 1. The molecule has 0 amide bonds. The molecule has 0 unspecified atom stereocenters. The summed E-state index contributed by atoms with van der Waals surface area (Å²) in [6.07, 6.45) is 1.31. The molecule has 4 N–H and O–H groups in total. The number of non-ortho nitro benzene ring substituents is 1. The van der Waals surface area contributed by atoms with Gasteiger partial charge in [0.1, 0.15) is 0 Å². The van der Waals surface area contributed by atoms with E-state index in [0.717, 1.165) is 0 Å². The molecule has 9 nitrogen and oxygen atoms in total. The van der Waals surface area contributed by atoms with Crippen molar-refractivity contribution < 1.29 is 4.92 Å². The van der Waals surface area contributed by atoms with Crippen LogP contribution in [0.15, 0.2) is 40.1 Å². The third kappa shape index (κ3) is 2.72. The van der Waals surface area contributed by atoms with E-state index in [0.29, 0.717) is 11.3 Å². The van der Waals surface area contributed by atoms with E-state index in [2.05, 4.69) is 10.4 Å². The standard InChI is InChI=1S/C11H11N5O4/c12-14-9-2-1-8(16(19)20)5-7(9)6-15-4-3-10(17)13-11(15)18/h1-5,14H,6,12H2,(H,13,17,18). The summed E-state index contributed by atoms with van der Waals surface area (Å²) in [5.41, 5.74) is 2.08. The summed E-state index contributed by atoms with van der Waals surface area (Å²) in [6.45, 7) is 0.0385. The third-order valence-corrected chi connectivity index (χ3v) is 2.69. The number of hydrogen-bond acceptors (Lipinski definition) is 6. The number of nitrogen functional groups attached to an aromatic ring is 1. The second-order valence-electron chi connectivity index (χ2n) is 3.98. The summed E-state index contributed by atoms with van der Waals surface area (Å²) in [7, 11) is 0. The zero-order chi connectivity index (χ0) is 14.7. The summed E-state index contributed by atoms with van der Waals surface area (Å²) in [5, 5.41) is 10.8. The molecule has 1 aromatic heterocycles. The van der Waals surface area contributed by atoms with E-state index in [4.69, 9.17) is 5.84 Å². The third-order valence-electron chi connectivity index (χ3n) is 2.69. The van der Waals surface area contributed by atoms with Crippen LogP contribution < -0.4 is 22.5 Å². The van der Waals surface area contributed by atoms with Crippen molar-refractivity contribution in [2.24, 2.45) is 5.84 Å². The molecule has 0 atom stereocenters. The number of rotatable bonds is 4. The minimum Gasteiger partial charge on any atom is -0.324 e. The Bertz CT molecular complexity index is 764. The summed E-state index contributed by atoms with van der Waals surface area (Å²) in [6, 6.07) is 5.25. The monoisotopic (exact) mass is 277 g/mol. The van der Waals surface area contributed by atoms with Crippen LogP contribution >= 0.6 is 0 Å². The summed E-state index contributed by atoms with van der Waals surface area (Å²) in [5.74, 6) is 5.33. The molecule has 9 heteroatoms. The summed E-state index contributed by atoms with van der Waals surface area (Å²) >= 11 is 0. The lowest BCUT2D eigenvalue weighted by molar-refractivity contribution is -0.384. The molecule has 0 spiro atoms. The summed E-state index contributed by atoms with van der Waals surface area (Å²) < 4.78 is 1.21. The van der Waals surface area contributed by atoms with Gasteiger partial charge >= 0.3 is 5.69 Å². The van der Waals surface area contributed by atoms with Crippen LogP contribution in [0.2, 0.25) is 0 Å². The molecule has 0 fully saturated rings. The van der Waals surface area contributed by atoms with Crippen LogP contribution in [0.25, 0.3) is 0 Å². The minimum atomic E-state index is -0.605. The van der Waals surface area contributed by atoms with Gasteiger partial charge in [-0.1, -0.05) is 0 Å². The van der Waals surface area contributed by atoms with E-state index in [1.165, 1.54) is 35.0 Å². The van der Waals surface area contributed by atoms with Crippen molar-refractivity contribution in [3.8, 4) is 0 Å². The Kier molecular flexibility index (Phi) is 3.62. The fourth-order valence-corrected chi connectivity index (χ4v) is 1.72. The van der Waals surface area contributed by atoms with Gasteiger partial charge in [-0.25, -0.2) is 4.79 Å². The Morgan fingerprint density at radius 2 is 2.10 bits per heavy atom. The molecule has 104 valence electrons. The zero-order valence-corrected chi connectivity index (χ0v) is 10.2. The van der Waals surface area contributed by atoms with E-state index in [-0.39, 0.29) is 12.2 Å². The van der Waals surface area contributed by atoms with Crippen LogP contribution in [0.5, 0.6) is 0 Å². The number of anilines is 1. The molecule has 1 aromatic carbocycles. The number of nitrogens with two attached hydrogens (primary N) is 1. The lowest BCUT2D eigenvalue weighted by Crippen LogP contribution is -2.29. The molecule has 0 saturated heterocycles. The molecule has 0 bridgehead atoms. The average molecular weight is 277 g/mol. The normalized spacial score (nSPS) is 10.2. The highest BCUT2D eigenvalue weighted by atomic mass is 16.6. The van der Waals surface area contributed by atoms with Crippen LogP contribution in [0.3, 0.4) is 0 Å². The topological polar surface area (TPSA) is 136 Å². The van der Waals surface area contributed by atoms with E-state index in [1.807, 2.05) is 0 Å². The number of nitro groups is 1. The fraction of sp³-hybridized carbons (Fsp3) is 0.0909. The number of benzene rings is 1. The van der Waals surface area contributed by atoms with E-state index in [9.17, 15) is 19.7 Å². The van der Waals surface area contributed by atoms with E-state index < -0.39 is 16.2 Å². The molecule has 0 aliphatic rings. The van der Waals surface area contributed by atoms with Gasteiger partial charge in [0.25, 0.3) is 11.2 Å².